The fourth-order valence-electron chi connectivity index (χ4n) is 8.34. The standard InChI is InChI=1S/C33H42N10O2S/c1-19(24-8-6-14-42(24)2)37-30-23(18-35)32(43-15-10-20(11-16-43)40-44-3)39-31(38-30)27-21-7-4-12-33(28(21)45-41-27)13-5-9-25-26(33)22(17-34)29(36)46-25/h18-19,24,35H,4-16,36H2,1-3H3,(H,37,38,39). The molecule has 5 heterocycles. The number of oxime groups is 1. The van der Waals surface area contributed by atoms with Crippen LogP contribution in [0, 0.1) is 16.7 Å². The Morgan fingerprint density at radius 2 is 1.98 bits per heavy atom. The van der Waals surface area contributed by atoms with E-state index in [1.807, 2.05) is 0 Å². The highest BCUT2D eigenvalue weighted by Crippen LogP contribution is 2.55. The van der Waals surface area contributed by atoms with Gasteiger partial charge in [-0.05, 0) is 77.4 Å². The molecule has 12 nitrogen and oxygen atoms in total. The Morgan fingerprint density at radius 3 is 2.67 bits per heavy atom. The number of nitriles is 1. The number of likely N-dealkylation sites (tertiary alicyclic amines) is 1. The lowest BCUT2D eigenvalue weighted by Gasteiger charge is -2.39. The van der Waals surface area contributed by atoms with Crippen LogP contribution in [0.4, 0.5) is 16.6 Å². The van der Waals surface area contributed by atoms with Gasteiger partial charge in [0.25, 0.3) is 0 Å². The number of hydrogen-bond donors (Lipinski definition) is 3. The molecular weight excluding hydrogens is 600 g/mol. The Bertz CT molecular complexity index is 1710. The molecule has 4 N–H and O–H groups in total. The highest BCUT2D eigenvalue weighted by atomic mass is 32.1. The minimum atomic E-state index is -0.421. The first kappa shape index (κ1) is 30.6. The van der Waals surface area contributed by atoms with E-state index in [0.717, 1.165) is 86.9 Å². The SMILES string of the molecule is CON=C1CCN(c2nc(-c3noc4c3CCCC43CCCc4sc(N)c(C#N)c43)nc(NC(C)C3CCCN3C)c2C=N)CC1. The summed E-state index contributed by atoms with van der Waals surface area (Å²) in [6.07, 6.45) is 10.6. The molecule has 3 aromatic heterocycles. The Kier molecular flexibility index (Phi) is 8.19. The zero-order chi connectivity index (χ0) is 32.0. The van der Waals surface area contributed by atoms with Crippen molar-refractivity contribution in [2.45, 2.75) is 88.6 Å². The molecule has 2 fully saturated rings. The minimum absolute atomic E-state index is 0.118. The van der Waals surface area contributed by atoms with Crippen LogP contribution >= 0.6 is 11.3 Å². The molecule has 13 heteroatoms. The zero-order valence-electron chi connectivity index (χ0n) is 26.9. The van der Waals surface area contributed by atoms with Gasteiger partial charge < -0.3 is 35.6 Å². The van der Waals surface area contributed by atoms with Crippen LogP contribution in [0.15, 0.2) is 9.68 Å². The van der Waals surface area contributed by atoms with Crippen LogP contribution < -0.4 is 16.0 Å². The van der Waals surface area contributed by atoms with Gasteiger partial charge in [-0.15, -0.1) is 11.3 Å². The van der Waals surface area contributed by atoms with E-state index in [0.29, 0.717) is 58.4 Å². The first-order valence-electron chi connectivity index (χ1n) is 16.4. The largest absolute Gasteiger partial charge is 0.399 e. The van der Waals surface area contributed by atoms with E-state index in [2.05, 4.69) is 45.5 Å². The molecule has 0 radical (unpaired) electrons. The maximum absolute atomic E-state index is 10.1. The van der Waals surface area contributed by atoms with Crippen molar-refractivity contribution in [3.05, 3.63) is 32.9 Å². The van der Waals surface area contributed by atoms with Crippen molar-refractivity contribution >= 4 is 39.9 Å². The first-order valence-corrected chi connectivity index (χ1v) is 17.2. The van der Waals surface area contributed by atoms with Gasteiger partial charge in [-0.3, -0.25) is 0 Å². The third kappa shape index (κ3) is 5.02. The molecule has 2 aliphatic heterocycles. The van der Waals surface area contributed by atoms with Crippen LogP contribution in [0.25, 0.3) is 11.5 Å². The average Bonchev–Trinajstić information content (AvgIpc) is 3.78. The number of likely N-dealkylation sites (N-methyl/N-ethyl adjacent to an activating group) is 1. The monoisotopic (exact) mass is 642 g/mol. The van der Waals surface area contributed by atoms with Crippen LogP contribution in [0.1, 0.15) is 91.2 Å². The second kappa shape index (κ2) is 12.3. The summed E-state index contributed by atoms with van der Waals surface area (Å²) in [6.45, 7) is 4.68. The van der Waals surface area contributed by atoms with E-state index < -0.39 is 5.41 Å². The Hall–Kier alpha value is -4.02. The molecule has 3 aromatic rings. The molecule has 2 saturated heterocycles. The van der Waals surface area contributed by atoms with Gasteiger partial charge in [0, 0.05) is 54.7 Å². The number of rotatable bonds is 7. The predicted molar refractivity (Wildman–Crippen MR) is 180 cm³/mol. The molecule has 0 aromatic carbocycles. The lowest BCUT2D eigenvalue weighted by molar-refractivity contribution is 0.211. The van der Waals surface area contributed by atoms with Gasteiger partial charge in [-0.2, -0.15) is 5.26 Å². The minimum Gasteiger partial charge on any atom is -0.399 e. The maximum Gasteiger partial charge on any atom is 0.186 e. The van der Waals surface area contributed by atoms with Gasteiger partial charge in [0.2, 0.25) is 0 Å². The van der Waals surface area contributed by atoms with Crippen LogP contribution in [-0.4, -0.2) is 77.8 Å². The number of nitrogens with zero attached hydrogens (tertiary/aromatic N) is 7. The van der Waals surface area contributed by atoms with Crippen molar-refractivity contribution in [3.8, 4) is 17.6 Å². The molecule has 3 atom stereocenters. The number of fused-ring (bicyclic) bond motifs is 4. The van der Waals surface area contributed by atoms with Gasteiger partial charge in [-0.25, -0.2) is 9.97 Å². The summed E-state index contributed by atoms with van der Waals surface area (Å²) in [6, 6.07) is 2.90. The maximum atomic E-state index is 10.1. The summed E-state index contributed by atoms with van der Waals surface area (Å²) in [5, 5.41) is 31.8. The molecular formula is C33H42N10O2S. The van der Waals surface area contributed by atoms with E-state index in [1.54, 1.807) is 18.4 Å². The molecule has 2 aliphatic carbocycles. The van der Waals surface area contributed by atoms with Gasteiger partial charge in [0.1, 0.15) is 29.8 Å². The second-order valence-corrected chi connectivity index (χ2v) is 14.2. The molecule has 3 unspecified atom stereocenters. The van der Waals surface area contributed by atoms with E-state index in [9.17, 15) is 5.26 Å². The molecule has 242 valence electrons. The van der Waals surface area contributed by atoms with Crippen LogP contribution in [-0.2, 0) is 23.1 Å². The van der Waals surface area contributed by atoms with Gasteiger partial charge in [0.05, 0.1) is 22.3 Å². The van der Waals surface area contributed by atoms with Crippen molar-refractivity contribution in [1.29, 1.82) is 10.7 Å². The quantitative estimate of drug-likeness (QED) is 0.233. The fourth-order valence-corrected chi connectivity index (χ4v) is 9.50. The molecule has 0 bridgehead atoms. The molecule has 46 heavy (non-hydrogen) atoms. The first-order chi connectivity index (χ1) is 22.4. The third-order valence-electron chi connectivity index (χ3n) is 10.5. The van der Waals surface area contributed by atoms with Crippen molar-refractivity contribution in [3.63, 3.8) is 0 Å². The third-order valence-corrected chi connectivity index (χ3v) is 11.6. The Morgan fingerprint density at radius 1 is 1.20 bits per heavy atom. The summed E-state index contributed by atoms with van der Waals surface area (Å²) < 4.78 is 6.31. The molecule has 4 aliphatic rings. The summed E-state index contributed by atoms with van der Waals surface area (Å²) in [5.74, 6) is 2.68. The topological polar surface area (TPSA) is 166 Å². The van der Waals surface area contributed by atoms with E-state index in [1.165, 1.54) is 17.5 Å². The summed E-state index contributed by atoms with van der Waals surface area (Å²) >= 11 is 1.54. The molecule has 1 spiro atoms. The highest BCUT2D eigenvalue weighted by Gasteiger charge is 2.49. The summed E-state index contributed by atoms with van der Waals surface area (Å²) in [4.78, 5) is 21.1. The van der Waals surface area contributed by atoms with Crippen LogP contribution in [0.3, 0.4) is 0 Å². The number of aromatic nitrogens is 3. The molecule has 0 saturated carbocycles. The van der Waals surface area contributed by atoms with Crippen molar-refractivity contribution < 1.29 is 9.36 Å². The number of nitrogens with one attached hydrogen (secondary N) is 2. The Labute approximate surface area is 273 Å². The van der Waals surface area contributed by atoms with Crippen molar-refractivity contribution in [2.24, 2.45) is 5.16 Å². The van der Waals surface area contributed by atoms with E-state index in [-0.39, 0.29) is 6.04 Å². The number of hydrogen-bond acceptors (Lipinski definition) is 13. The number of nitrogen functional groups attached to an aromatic ring is 1. The zero-order valence-corrected chi connectivity index (χ0v) is 27.7. The lowest BCUT2D eigenvalue weighted by atomic mass is 9.63. The van der Waals surface area contributed by atoms with E-state index >= 15 is 0 Å². The summed E-state index contributed by atoms with van der Waals surface area (Å²) in [5.41, 5.74) is 10.9. The predicted octanol–water partition coefficient (Wildman–Crippen LogP) is 5.10. The molecule has 7 rings (SSSR count). The number of aryl methyl sites for hydroxylation is 1. The normalized spacial score (nSPS) is 23.5. The summed E-state index contributed by atoms with van der Waals surface area (Å²) in [7, 11) is 3.75. The number of thiophene rings is 1. The number of piperidine rings is 1. The second-order valence-electron chi connectivity index (χ2n) is 13.1. The van der Waals surface area contributed by atoms with Gasteiger partial charge in [-0.1, -0.05) is 10.3 Å². The Balaban J connectivity index is 1.33. The van der Waals surface area contributed by atoms with Gasteiger partial charge >= 0.3 is 0 Å². The van der Waals surface area contributed by atoms with E-state index in [4.69, 9.17) is 30.5 Å². The lowest BCUT2D eigenvalue weighted by Crippen LogP contribution is -2.40. The van der Waals surface area contributed by atoms with Crippen LogP contribution in [0.2, 0.25) is 0 Å². The average molecular weight is 643 g/mol. The van der Waals surface area contributed by atoms with Gasteiger partial charge in [0.15, 0.2) is 17.3 Å². The fraction of sp³-hybridized carbons (Fsp3) is 0.576. The highest BCUT2D eigenvalue weighted by molar-refractivity contribution is 7.16. The van der Waals surface area contributed by atoms with Crippen molar-refractivity contribution in [2.75, 3.05) is 49.7 Å². The number of nitrogens with two attached hydrogens (primary N) is 1. The smallest absolute Gasteiger partial charge is 0.186 e. The molecule has 0 amide bonds. The van der Waals surface area contributed by atoms with Crippen LogP contribution in [0.5, 0.6) is 0 Å². The number of anilines is 3. The van der Waals surface area contributed by atoms with Crippen molar-refractivity contribution in [1.82, 2.24) is 20.0 Å².